The molecule has 1 aliphatic heterocycles. The lowest BCUT2D eigenvalue weighted by molar-refractivity contribution is 0.0881. The van der Waals surface area contributed by atoms with E-state index in [9.17, 15) is 4.79 Å². The maximum absolute atomic E-state index is 11.5. The number of aryl methyl sites for hydroxylation is 1. The predicted molar refractivity (Wildman–Crippen MR) is 111 cm³/mol. The Balaban J connectivity index is 1.36. The molecule has 0 unspecified atom stereocenters. The number of amides is 1. The molecule has 4 rings (SSSR count). The Hall–Kier alpha value is -1.71. The van der Waals surface area contributed by atoms with Crippen LogP contribution in [0.5, 0.6) is 5.75 Å². The van der Waals surface area contributed by atoms with Gasteiger partial charge in [0.1, 0.15) is 12.4 Å². The van der Waals surface area contributed by atoms with Gasteiger partial charge in [0.2, 0.25) is 0 Å². The van der Waals surface area contributed by atoms with Crippen LogP contribution < -0.4 is 10.1 Å². The maximum Gasteiger partial charge on any atom is 0.407 e. The van der Waals surface area contributed by atoms with E-state index in [2.05, 4.69) is 51.2 Å². The summed E-state index contributed by atoms with van der Waals surface area (Å²) in [5.41, 5.74) is 2.97. The summed E-state index contributed by atoms with van der Waals surface area (Å²) in [5.74, 6) is 2.26. The zero-order chi connectivity index (χ0) is 19.9. The van der Waals surface area contributed by atoms with Crippen molar-refractivity contribution in [1.29, 1.82) is 0 Å². The first-order valence-electron chi connectivity index (χ1n) is 11.0. The molecule has 4 heteroatoms. The molecule has 154 valence electrons. The summed E-state index contributed by atoms with van der Waals surface area (Å²) in [7, 11) is 0. The van der Waals surface area contributed by atoms with Crippen LogP contribution in [0.3, 0.4) is 0 Å². The number of carbonyl (C=O) groups is 1. The summed E-state index contributed by atoms with van der Waals surface area (Å²) >= 11 is 0. The number of ether oxygens (including phenoxy) is 2. The highest BCUT2D eigenvalue weighted by atomic mass is 16.6. The smallest absolute Gasteiger partial charge is 0.407 e. The van der Waals surface area contributed by atoms with Crippen molar-refractivity contribution in [2.45, 2.75) is 84.3 Å². The van der Waals surface area contributed by atoms with E-state index in [1.165, 1.54) is 36.8 Å². The van der Waals surface area contributed by atoms with E-state index in [4.69, 9.17) is 9.47 Å². The first kappa shape index (κ1) is 19.6. The monoisotopic (exact) mass is 385 g/mol. The molecule has 3 aliphatic rings. The summed E-state index contributed by atoms with van der Waals surface area (Å²) in [6.07, 6.45) is 8.06. The predicted octanol–water partition coefficient (Wildman–Crippen LogP) is 5.27. The van der Waals surface area contributed by atoms with Crippen LogP contribution >= 0.6 is 0 Å². The summed E-state index contributed by atoms with van der Waals surface area (Å²) in [6, 6.07) is 6.63. The van der Waals surface area contributed by atoms with E-state index in [0.717, 1.165) is 30.9 Å². The van der Waals surface area contributed by atoms with Crippen molar-refractivity contribution in [3.63, 3.8) is 0 Å². The minimum atomic E-state index is -0.279. The Morgan fingerprint density at radius 1 is 1.11 bits per heavy atom. The van der Waals surface area contributed by atoms with Crippen LogP contribution in [0.25, 0.3) is 0 Å². The molecule has 2 fully saturated rings. The number of rotatable bonds is 3. The molecule has 0 spiro atoms. The van der Waals surface area contributed by atoms with Gasteiger partial charge in [-0.05, 0) is 92.4 Å². The fraction of sp³-hybridized carbons (Fsp3) is 0.708. The average Bonchev–Trinajstić information content (AvgIpc) is 3.01. The van der Waals surface area contributed by atoms with Crippen molar-refractivity contribution in [2.24, 2.45) is 17.3 Å². The lowest BCUT2D eigenvalue weighted by Gasteiger charge is -2.37. The molecule has 1 aromatic carbocycles. The number of carbonyl (C=O) groups excluding carboxylic acids is 1. The molecule has 2 aliphatic carbocycles. The highest BCUT2D eigenvalue weighted by molar-refractivity contribution is 5.70. The van der Waals surface area contributed by atoms with E-state index < -0.39 is 0 Å². The number of nitrogens with one attached hydrogen (secondary N) is 1. The van der Waals surface area contributed by atoms with Gasteiger partial charge >= 0.3 is 6.09 Å². The fourth-order valence-electron chi connectivity index (χ4n) is 5.33. The third-order valence-corrected chi connectivity index (χ3v) is 7.40. The van der Waals surface area contributed by atoms with Crippen LogP contribution in [0, 0.1) is 17.3 Å². The summed E-state index contributed by atoms with van der Waals surface area (Å²) in [6.45, 7) is 9.67. The van der Waals surface area contributed by atoms with Gasteiger partial charge in [-0.2, -0.15) is 0 Å². The van der Waals surface area contributed by atoms with Gasteiger partial charge in [-0.25, -0.2) is 4.79 Å². The van der Waals surface area contributed by atoms with Crippen LogP contribution in [0.15, 0.2) is 18.2 Å². The van der Waals surface area contributed by atoms with E-state index in [-0.39, 0.29) is 11.6 Å². The quantitative estimate of drug-likeness (QED) is 0.771. The van der Waals surface area contributed by atoms with Crippen molar-refractivity contribution in [2.75, 3.05) is 6.61 Å². The zero-order valence-electron chi connectivity index (χ0n) is 17.8. The lowest BCUT2D eigenvalue weighted by Crippen LogP contribution is -2.49. The van der Waals surface area contributed by atoms with Crippen molar-refractivity contribution in [3.8, 4) is 5.75 Å². The van der Waals surface area contributed by atoms with Gasteiger partial charge in [-0.1, -0.05) is 26.8 Å². The third kappa shape index (κ3) is 4.01. The van der Waals surface area contributed by atoms with Crippen molar-refractivity contribution in [3.05, 3.63) is 29.3 Å². The van der Waals surface area contributed by atoms with Crippen molar-refractivity contribution >= 4 is 6.09 Å². The molecule has 2 atom stereocenters. The molecule has 1 amide bonds. The molecule has 1 aromatic rings. The van der Waals surface area contributed by atoms with E-state index in [1.54, 1.807) is 0 Å². The number of hydrogen-bond acceptors (Lipinski definition) is 3. The van der Waals surface area contributed by atoms with Crippen LogP contribution in [0.1, 0.15) is 70.9 Å². The van der Waals surface area contributed by atoms with Gasteiger partial charge in [0.25, 0.3) is 0 Å². The zero-order valence-corrected chi connectivity index (χ0v) is 17.8. The Morgan fingerprint density at radius 2 is 1.86 bits per heavy atom. The van der Waals surface area contributed by atoms with Gasteiger partial charge < -0.3 is 14.8 Å². The highest BCUT2D eigenvalue weighted by Crippen LogP contribution is 2.40. The summed E-state index contributed by atoms with van der Waals surface area (Å²) in [4.78, 5) is 11.5. The van der Waals surface area contributed by atoms with Crippen molar-refractivity contribution in [1.82, 2.24) is 5.32 Å². The average molecular weight is 386 g/mol. The maximum atomic E-state index is 11.5. The largest absolute Gasteiger partial charge is 0.490 e. The Kier molecular flexibility index (Phi) is 5.09. The fourth-order valence-corrected chi connectivity index (χ4v) is 5.33. The molecule has 1 N–H and O–H groups in total. The molecule has 28 heavy (non-hydrogen) atoms. The molecule has 0 bridgehead atoms. The molecular weight excluding hydrogens is 350 g/mol. The summed E-state index contributed by atoms with van der Waals surface area (Å²) in [5, 5.41) is 3.02. The van der Waals surface area contributed by atoms with Gasteiger partial charge in [0.15, 0.2) is 0 Å². The Morgan fingerprint density at radius 3 is 2.50 bits per heavy atom. The van der Waals surface area contributed by atoms with Gasteiger partial charge in [-0.15, -0.1) is 0 Å². The van der Waals surface area contributed by atoms with Crippen LogP contribution in [-0.2, 0) is 17.6 Å². The Bertz CT molecular complexity index is 730. The summed E-state index contributed by atoms with van der Waals surface area (Å²) < 4.78 is 11.5. The standard InChI is InChI=1S/C24H35NO3/c1-23(2,3)18-8-11-20(12-9-18)28-21-10-6-16-13-19(7-5-17(16)14-21)24(4)15-27-22(26)25-24/h6,10,14,18-20H,5,7-9,11-13,15H2,1-4H3,(H,25,26)/t18-,19-,20-,24-/m1/s1. The van der Waals surface area contributed by atoms with Gasteiger partial charge in [0, 0.05) is 0 Å². The minimum absolute atomic E-state index is 0.240. The topological polar surface area (TPSA) is 47.6 Å². The third-order valence-electron chi connectivity index (χ3n) is 7.40. The number of cyclic esters (lactones) is 1. The van der Waals surface area contributed by atoms with Crippen LogP contribution in [-0.4, -0.2) is 24.3 Å². The van der Waals surface area contributed by atoms with Crippen molar-refractivity contribution < 1.29 is 14.3 Å². The molecular formula is C24H35NO3. The number of hydrogen-bond donors (Lipinski definition) is 1. The normalized spacial score (nSPS) is 33.0. The van der Waals surface area contributed by atoms with E-state index in [1.807, 2.05) is 0 Å². The molecule has 1 saturated heterocycles. The van der Waals surface area contributed by atoms with Crippen LogP contribution in [0.2, 0.25) is 0 Å². The molecule has 4 nitrogen and oxygen atoms in total. The number of benzene rings is 1. The second-order valence-corrected chi connectivity index (χ2v) is 10.4. The minimum Gasteiger partial charge on any atom is -0.490 e. The van der Waals surface area contributed by atoms with Crippen LogP contribution in [0.4, 0.5) is 4.79 Å². The molecule has 1 saturated carbocycles. The van der Waals surface area contributed by atoms with Gasteiger partial charge in [-0.3, -0.25) is 0 Å². The molecule has 0 aromatic heterocycles. The molecule has 0 radical (unpaired) electrons. The van der Waals surface area contributed by atoms with E-state index in [0.29, 0.717) is 24.0 Å². The number of fused-ring (bicyclic) bond motifs is 1. The second kappa shape index (κ2) is 7.27. The highest BCUT2D eigenvalue weighted by Gasteiger charge is 2.43. The Labute approximate surface area is 169 Å². The number of alkyl carbamates (subject to hydrolysis) is 1. The first-order valence-corrected chi connectivity index (χ1v) is 11.0. The lowest BCUT2D eigenvalue weighted by atomic mass is 9.72. The molecule has 1 heterocycles. The second-order valence-electron chi connectivity index (χ2n) is 10.4. The van der Waals surface area contributed by atoms with E-state index >= 15 is 0 Å². The SMILES string of the molecule is CC(C)(C)[C@H]1CC[C@H](Oc2ccc3c(c2)CC[C@@H]([C@@]2(C)COC(=O)N2)C3)CC1. The van der Waals surface area contributed by atoms with Gasteiger partial charge in [0.05, 0.1) is 11.6 Å². The first-order chi connectivity index (χ1) is 13.2.